The third-order valence-electron chi connectivity index (χ3n) is 4.12. The van der Waals surface area contributed by atoms with Gasteiger partial charge in [-0.25, -0.2) is 4.39 Å². The van der Waals surface area contributed by atoms with E-state index in [9.17, 15) is 14.3 Å². The summed E-state index contributed by atoms with van der Waals surface area (Å²) in [4.78, 5) is 13.4. The highest BCUT2D eigenvalue weighted by Crippen LogP contribution is 2.31. The van der Waals surface area contributed by atoms with Crippen LogP contribution in [0.1, 0.15) is 31.7 Å². The highest BCUT2D eigenvalue weighted by Gasteiger charge is 2.41. The van der Waals surface area contributed by atoms with E-state index in [4.69, 9.17) is 4.74 Å². The fourth-order valence-corrected chi connectivity index (χ4v) is 2.71. The first-order valence-corrected chi connectivity index (χ1v) is 6.79. The average Bonchev–Trinajstić information content (AvgIpc) is 2.43. The molecule has 20 heavy (non-hydrogen) atoms. The normalized spacial score (nSPS) is 23.6. The van der Waals surface area contributed by atoms with Crippen molar-refractivity contribution in [3.05, 3.63) is 29.6 Å². The first kappa shape index (κ1) is 14.8. The van der Waals surface area contributed by atoms with Crippen molar-refractivity contribution in [3.8, 4) is 5.75 Å². The van der Waals surface area contributed by atoms with Crippen LogP contribution in [0, 0.1) is 5.82 Å². The van der Waals surface area contributed by atoms with Crippen LogP contribution in [-0.2, 0) is 11.3 Å². The molecule has 1 N–H and O–H groups in total. The minimum absolute atomic E-state index is 0.191. The molecule has 1 aliphatic heterocycles. The van der Waals surface area contributed by atoms with E-state index < -0.39 is 17.3 Å². The van der Waals surface area contributed by atoms with Crippen molar-refractivity contribution in [1.82, 2.24) is 4.90 Å². The summed E-state index contributed by atoms with van der Waals surface area (Å²) in [6.45, 7) is 2.66. The number of aliphatic carboxylic acids is 1. The number of nitrogens with zero attached hydrogens (tertiary/aromatic N) is 1. The Morgan fingerprint density at radius 1 is 1.50 bits per heavy atom. The Kier molecular flexibility index (Phi) is 4.28. The molecule has 1 saturated heterocycles. The van der Waals surface area contributed by atoms with Gasteiger partial charge in [-0.2, -0.15) is 0 Å². The lowest BCUT2D eigenvalue weighted by Crippen LogP contribution is -2.54. The summed E-state index contributed by atoms with van der Waals surface area (Å²) in [6, 6.07) is 4.96. The molecule has 1 aliphatic rings. The predicted molar refractivity (Wildman–Crippen MR) is 73.3 cm³/mol. The van der Waals surface area contributed by atoms with Crippen LogP contribution in [0.2, 0.25) is 0 Å². The summed E-state index contributed by atoms with van der Waals surface area (Å²) in [7, 11) is 1.42. The van der Waals surface area contributed by atoms with Crippen LogP contribution in [0.15, 0.2) is 18.2 Å². The van der Waals surface area contributed by atoms with Crippen molar-refractivity contribution < 1.29 is 19.0 Å². The molecule has 5 heteroatoms. The van der Waals surface area contributed by atoms with E-state index in [2.05, 4.69) is 0 Å². The molecule has 2 rings (SSSR count). The van der Waals surface area contributed by atoms with E-state index in [0.29, 0.717) is 18.5 Å². The number of carbonyl (C=O) groups is 1. The van der Waals surface area contributed by atoms with Gasteiger partial charge in [-0.3, -0.25) is 9.69 Å². The molecule has 110 valence electrons. The maximum Gasteiger partial charge on any atom is 0.323 e. The second-order valence-electron chi connectivity index (χ2n) is 5.39. The molecule has 1 fully saturated rings. The molecule has 1 heterocycles. The summed E-state index contributed by atoms with van der Waals surface area (Å²) in [5.74, 6) is -1.06. The predicted octanol–water partition coefficient (Wildman–Crippen LogP) is 2.66. The maximum atomic E-state index is 14.2. The molecule has 1 atom stereocenters. The molecular weight excluding hydrogens is 261 g/mol. The summed E-state index contributed by atoms with van der Waals surface area (Å²) < 4.78 is 19.1. The third-order valence-corrected chi connectivity index (χ3v) is 4.12. The van der Waals surface area contributed by atoms with Crippen LogP contribution < -0.4 is 4.74 Å². The quantitative estimate of drug-likeness (QED) is 0.922. The zero-order valence-electron chi connectivity index (χ0n) is 11.9. The van der Waals surface area contributed by atoms with E-state index in [1.165, 1.54) is 7.11 Å². The Morgan fingerprint density at radius 2 is 2.25 bits per heavy atom. The SMILES string of the molecule is COc1cccc(CN2CCCCC2(C)C(=O)O)c1F. The monoisotopic (exact) mass is 281 g/mol. The van der Waals surface area contributed by atoms with Crippen molar-refractivity contribution >= 4 is 5.97 Å². The Balaban J connectivity index is 2.26. The van der Waals surface area contributed by atoms with Crippen LogP contribution in [-0.4, -0.2) is 35.2 Å². The third kappa shape index (κ3) is 2.63. The number of benzene rings is 1. The number of piperidine rings is 1. The molecule has 1 aromatic rings. The molecule has 0 aromatic heterocycles. The van der Waals surface area contributed by atoms with Crippen LogP contribution in [0.25, 0.3) is 0 Å². The Bertz CT molecular complexity index is 506. The van der Waals surface area contributed by atoms with E-state index in [-0.39, 0.29) is 12.3 Å². The first-order chi connectivity index (χ1) is 9.49. The minimum Gasteiger partial charge on any atom is -0.494 e. The Labute approximate surface area is 118 Å². The number of methoxy groups -OCH3 is 1. The molecule has 0 amide bonds. The molecule has 1 unspecified atom stereocenters. The molecule has 0 saturated carbocycles. The zero-order valence-corrected chi connectivity index (χ0v) is 11.9. The second-order valence-corrected chi connectivity index (χ2v) is 5.39. The molecule has 0 radical (unpaired) electrons. The molecule has 1 aromatic carbocycles. The number of ether oxygens (including phenoxy) is 1. The first-order valence-electron chi connectivity index (χ1n) is 6.79. The molecule has 4 nitrogen and oxygen atoms in total. The van der Waals surface area contributed by atoms with Crippen molar-refractivity contribution in [3.63, 3.8) is 0 Å². The van der Waals surface area contributed by atoms with Crippen molar-refractivity contribution in [2.24, 2.45) is 0 Å². The molecule has 0 aliphatic carbocycles. The highest BCUT2D eigenvalue weighted by atomic mass is 19.1. The lowest BCUT2D eigenvalue weighted by Gasteiger charge is -2.41. The van der Waals surface area contributed by atoms with Crippen LogP contribution in [0.3, 0.4) is 0 Å². The minimum atomic E-state index is -0.923. The van der Waals surface area contributed by atoms with E-state index in [1.807, 2.05) is 4.90 Å². The van der Waals surface area contributed by atoms with Gasteiger partial charge in [0.25, 0.3) is 0 Å². The number of carboxylic acids is 1. The van der Waals surface area contributed by atoms with E-state index >= 15 is 0 Å². The van der Waals surface area contributed by atoms with Crippen LogP contribution in [0.5, 0.6) is 5.75 Å². The topological polar surface area (TPSA) is 49.8 Å². The van der Waals surface area contributed by atoms with Gasteiger partial charge < -0.3 is 9.84 Å². The van der Waals surface area contributed by atoms with Crippen LogP contribution >= 0.6 is 0 Å². The summed E-state index contributed by atoms with van der Waals surface area (Å²) in [5.41, 5.74) is -0.452. The fourth-order valence-electron chi connectivity index (χ4n) is 2.71. The number of rotatable bonds is 4. The fraction of sp³-hybridized carbons (Fsp3) is 0.533. The summed E-state index contributed by atoms with van der Waals surface area (Å²) in [6.07, 6.45) is 2.42. The van der Waals surface area contributed by atoms with Gasteiger partial charge >= 0.3 is 5.97 Å². The smallest absolute Gasteiger partial charge is 0.323 e. The van der Waals surface area contributed by atoms with Crippen LogP contribution in [0.4, 0.5) is 4.39 Å². The number of hydrogen-bond acceptors (Lipinski definition) is 3. The standard InChI is InChI=1S/C15H20FNO3/c1-15(14(18)19)8-3-4-9-17(15)10-11-6-5-7-12(20-2)13(11)16/h5-7H,3-4,8-10H2,1-2H3,(H,18,19). The number of likely N-dealkylation sites (tertiary alicyclic amines) is 1. The largest absolute Gasteiger partial charge is 0.494 e. The van der Waals surface area contributed by atoms with Crippen molar-refractivity contribution in [1.29, 1.82) is 0 Å². The van der Waals surface area contributed by atoms with Crippen molar-refractivity contribution in [2.75, 3.05) is 13.7 Å². The molecular formula is C15H20FNO3. The average molecular weight is 281 g/mol. The summed E-state index contributed by atoms with van der Waals surface area (Å²) in [5, 5.41) is 9.46. The number of halogens is 1. The summed E-state index contributed by atoms with van der Waals surface area (Å²) >= 11 is 0. The highest BCUT2D eigenvalue weighted by molar-refractivity contribution is 5.78. The van der Waals surface area contributed by atoms with Gasteiger partial charge in [0.2, 0.25) is 0 Å². The molecule has 0 bridgehead atoms. The van der Waals surface area contributed by atoms with Gasteiger partial charge in [-0.05, 0) is 38.8 Å². The lowest BCUT2D eigenvalue weighted by atomic mass is 9.88. The van der Waals surface area contributed by atoms with Gasteiger partial charge in [0.15, 0.2) is 11.6 Å². The Morgan fingerprint density at radius 3 is 2.90 bits per heavy atom. The van der Waals surface area contributed by atoms with Crippen molar-refractivity contribution in [2.45, 2.75) is 38.3 Å². The molecule has 0 spiro atoms. The van der Waals surface area contributed by atoms with Gasteiger partial charge in [0, 0.05) is 12.1 Å². The number of carboxylic acid groups (broad SMARTS) is 1. The van der Waals surface area contributed by atoms with Gasteiger partial charge in [-0.15, -0.1) is 0 Å². The second kappa shape index (κ2) is 5.79. The zero-order chi connectivity index (χ0) is 14.8. The Hall–Kier alpha value is -1.62. The van der Waals surface area contributed by atoms with Gasteiger partial charge in [-0.1, -0.05) is 12.1 Å². The van der Waals surface area contributed by atoms with Gasteiger partial charge in [0.1, 0.15) is 5.54 Å². The van der Waals surface area contributed by atoms with E-state index in [1.54, 1.807) is 25.1 Å². The number of hydrogen-bond donors (Lipinski definition) is 1. The van der Waals surface area contributed by atoms with E-state index in [0.717, 1.165) is 12.8 Å². The van der Waals surface area contributed by atoms with Gasteiger partial charge in [0.05, 0.1) is 7.11 Å². The lowest BCUT2D eigenvalue weighted by molar-refractivity contribution is -0.153. The maximum absolute atomic E-state index is 14.2.